The van der Waals surface area contributed by atoms with Gasteiger partial charge in [-0.2, -0.15) is 0 Å². The Hall–Kier alpha value is -1.86. The van der Waals surface area contributed by atoms with Crippen LogP contribution in [0.2, 0.25) is 0 Å². The molecule has 0 aromatic heterocycles. The Kier molecular flexibility index (Phi) is 48.5. The molecule has 0 aromatic carbocycles. The molecule has 1 amide bonds. The van der Waals surface area contributed by atoms with Crippen LogP contribution >= 0.6 is 0 Å². The van der Waals surface area contributed by atoms with E-state index < -0.39 is 49.5 Å². The average Bonchev–Trinajstić information content (AvgIpc) is 3.38. The zero-order valence-corrected chi connectivity index (χ0v) is 46.7. The number of allylic oxidation sites excluding steroid dienone is 3. The van der Waals surface area contributed by atoms with Crippen LogP contribution in [0, 0.1) is 0 Å². The second kappa shape index (κ2) is 51.3. The lowest BCUT2D eigenvalue weighted by Gasteiger charge is -2.40. The summed E-state index contributed by atoms with van der Waals surface area (Å²) in [5.41, 5.74) is 0. The van der Waals surface area contributed by atoms with Gasteiger partial charge in [-0.3, -0.25) is 9.59 Å². The van der Waals surface area contributed by atoms with E-state index in [0.717, 1.165) is 70.6 Å². The summed E-state index contributed by atoms with van der Waals surface area (Å²) in [6, 6.07) is -0.812. The van der Waals surface area contributed by atoms with Crippen LogP contribution < -0.4 is 5.32 Å². The molecule has 11 nitrogen and oxygen atoms in total. The molecule has 1 heterocycles. The number of hydrogen-bond acceptors (Lipinski definition) is 10. The Labute approximate surface area is 441 Å². The van der Waals surface area contributed by atoms with Gasteiger partial charge < -0.3 is 45.1 Å². The molecule has 0 spiro atoms. The molecular weight excluding hydrogens is 907 g/mol. The van der Waals surface area contributed by atoms with Crippen LogP contribution in [0.15, 0.2) is 24.3 Å². The number of amides is 1. The number of hydrogen-bond donors (Lipinski definition) is 6. The van der Waals surface area contributed by atoms with Gasteiger partial charge >= 0.3 is 5.97 Å². The Bertz CT molecular complexity index is 1250. The lowest BCUT2D eigenvalue weighted by molar-refractivity contribution is -0.302. The molecular formula is C61H115NO10. The Morgan fingerprint density at radius 1 is 0.500 bits per heavy atom. The first-order valence-electron chi connectivity index (χ1n) is 30.6. The van der Waals surface area contributed by atoms with Gasteiger partial charge in [0.05, 0.1) is 32.0 Å². The second-order valence-corrected chi connectivity index (χ2v) is 21.4. The van der Waals surface area contributed by atoms with Crippen molar-refractivity contribution < 1.29 is 49.3 Å². The Balaban J connectivity index is 2.01. The van der Waals surface area contributed by atoms with Crippen LogP contribution in [0.1, 0.15) is 290 Å². The fourth-order valence-corrected chi connectivity index (χ4v) is 9.67. The highest BCUT2D eigenvalue weighted by Gasteiger charge is 2.44. The van der Waals surface area contributed by atoms with Gasteiger partial charge in [0.2, 0.25) is 5.91 Å². The number of aliphatic hydroxyl groups excluding tert-OH is 5. The maximum absolute atomic E-state index is 13.0. The minimum absolute atomic E-state index is 0.000408. The van der Waals surface area contributed by atoms with Crippen LogP contribution in [0.3, 0.4) is 0 Å². The predicted octanol–water partition coefficient (Wildman–Crippen LogP) is 14.1. The normalized spacial score (nSPS) is 19.1. The number of carbonyl (C=O) groups excluding carboxylic acids is 2. The first-order chi connectivity index (χ1) is 35.2. The minimum Gasteiger partial charge on any atom is -0.466 e. The van der Waals surface area contributed by atoms with Crippen LogP contribution in [-0.4, -0.2) is 100 Å². The number of rotatable bonds is 53. The third-order valence-electron chi connectivity index (χ3n) is 14.6. The molecule has 7 atom stereocenters. The number of carbonyl (C=O) groups is 2. The van der Waals surface area contributed by atoms with E-state index in [4.69, 9.17) is 14.2 Å². The SMILES string of the molecule is CCCCCCCCC/C=C/C(O)C(COC1OC(CO)C(O)C(O)C1O)NC(=O)CCCCCCCCC/C=C\CCCCCCCCCCCCCCOC(=O)CCCCCCCCCCCCCC. The van der Waals surface area contributed by atoms with Gasteiger partial charge in [-0.1, -0.05) is 244 Å². The molecule has 11 heteroatoms. The molecule has 0 radical (unpaired) electrons. The standard InChI is InChI=1S/C61H115NO10/c1-3-5-7-9-11-13-14-29-33-37-41-45-49-57(66)70-50-46-42-38-34-30-27-25-23-21-19-17-15-16-18-20-22-24-26-28-32-36-40-44-48-56(65)62-53(54(64)47-43-39-35-31-12-10-8-6-4-2)52-71-61-60(69)59(68)58(67)55(51-63)72-61/h18,20,43,47,53-55,58-61,63-64,67-69H,3-17,19,21-42,44-46,48-52H2,1-2H3,(H,62,65)/b20-18-,47-43+. The molecule has 1 saturated heterocycles. The zero-order chi connectivity index (χ0) is 52.4. The van der Waals surface area contributed by atoms with Gasteiger partial charge in [-0.15, -0.1) is 0 Å². The van der Waals surface area contributed by atoms with Crippen molar-refractivity contribution in [2.24, 2.45) is 0 Å². The van der Waals surface area contributed by atoms with E-state index >= 15 is 0 Å². The molecule has 0 bridgehead atoms. The number of aliphatic hydroxyl groups is 5. The average molecular weight is 1020 g/mol. The molecule has 424 valence electrons. The summed E-state index contributed by atoms with van der Waals surface area (Å²) in [6.45, 7) is 4.32. The molecule has 0 aliphatic carbocycles. The van der Waals surface area contributed by atoms with Crippen molar-refractivity contribution in [2.75, 3.05) is 19.8 Å². The third-order valence-corrected chi connectivity index (χ3v) is 14.6. The summed E-state index contributed by atoms with van der Waals surface area (Å²) in [6.07, 6.45) is 51.5. The summed E-state index contributed by atoms with van der Waals surface area (Å²) in [5, 5.41) is 54.2. The minimum atomic E-state index is -1.57. The van der Waals surface area contributed by atoms with Crippen molar-refractivity contribution in [1.29, 1.82) is 0 Å². The van der Waals surface area contributed by atoms with E-state index in [-0.39, 0.29) is 18.5 Å². The summed E-state index contributed by atoms with van der Waals surface area (Å²) in [7, 11) is 0. The van der Waals surface area contributed by atoms with Crippen LogP contribution in [-0.2, 0) is 23.8 Å². The van der Waals surface area contributed by atoms with Gasteiger partial charge in [-0.05, 0) is 57.8 Å². The number of unbranched alkanes of at least 4 members (excludes halogenated alkanes) is 37. The summed E-state index contributed by atoms with van der Waals surface area (Å²) in [5.74, 6) is -0.189. The third kappa shape index (κ3) is 40.5. The highest BCUT2D eigenvalue weighted by atomic mass is 16.7. The molecule has 72 heavy (non-hydrogen) atoms. The van der Waals surface area contributed by atoms with Gasteiger partial charge in [-0.25, -0.2) is 0 Å². The van der Waals surface area contributed by atoms with E-state index in [1.807, 2.05) is 6.08 Å². The first-order valence-corrected chi connectivity index (χ1v) is 30.6. The fraction of sp³-hybridized carbons (Fsp3) is 0.902. The van der Waals surface area contributed by atoms with Crippen LogP contribution in [0.25, 0.3) is 0 Å². The van der Waals surface area contributed by atoms with Gasteiger partial charge in [0.1, 0.15) is 24.4 Å². The summed E-state index contributed by atoms with van der Waals surface area (Å²) < 4.78 is 16.7. The highest BCUT2D eigenvalue weighted by Crippen LogP contribution is 2.23. The lowest BCUT2D eigenvalue weighted by Crippen LogP contribution is -2.60. The Morgan fingerprint density at radius 2 is 0.889 bits per heavy atom. The number of ether oxygens (including phenoxy) is 3. The van der Waals surface area contributed by atoms with Crippen molar-refractivity contribution in [1.82, 2.24) is 5.32 Å². The Morgan fingerprint density at radius 3 is 1.33 bits per heavy atom. The lowest BCUT2D eigenvalue weighted by atomic mass is 9.99. The maximum atomic E-state index is 13.0. The quantitative estimate of drug-likeness (QED) is 0.0195. The number of nitrogens with one attached hydrogen (secondary N) is 1. The summed E-state index contributed by atoms with van der Waals surface area (Å²) >= 11 is 0. The van der Waals surface area contributed by atoms with Crippen LogP contribution in [0.5, 0.6) is 0 Å². The second-order valence-electron chi connectivity index (χ2n) is 21.4. The zero-order valence-electron chi connectivity index (χ0n) is 46.7. The number of esters is 1. The van der Waals surface area contributed by atoms with Crippen molar-refractivity contribution >= 4 is 11.9 Å². The smallest absolute Gasteiger partial charge is 0.305 e. The van der Waals surface area contributed by atoms with E-state index in [1.54, 1.807) is 6.08 Å². The van der Waals surface area contributed by atoms with E-state index in [2.05, 4.69) is 31.3 Å². The van der Waals surface area contributed by atoms with Crippen LogP contribution in [0.4, 0.5) is 0 Å². The van der Waals surface area contributed by atoms with Crippen molar-refractivity contribution in [3.05, 3.63) is 24.3 Å². The highest BCUT2D eigenvalue weighted by molar-refractivity contribution is 5.76. The molecule has 1 fully saturated rings. The van der Waals surface area contributed by atoms with Gasteiger partial charge in [0.15, 0.2) is 6.29 Å². The predicted molar refractivity (Wildman–Crippen MR) is 297 cm³/mol. The van der Waals surface area contributed by atoms with Gasteiger partial charge in [0, 0.05) is 12.8 Å². The molecule has 0 aromatic rings. The molecule has 0 saturated carbocycles. The van der Waals surface area contributed by atoms with Crippen molar-refractivity contribution in [2.45, 2.75) is 333 Å². The van der Waals surface area contributed by atoms with E-state index in [1.165, 1.54) is 193 Å². The van der Waals surface area contributed by atoms with E-state index in [0.29, 0.717) is 19.4 Å². The summed E-state index contributed by atoms with van der Waals surface area (Å²) in [4.78, 5) is 25.0. The molecule has 7 unspecified atom stereocenters. The van der Waals surface area contributed by atoms with E-state index in [9.17, 15) is 35.1 Å². The molecule has 1 aliphatic rings. The monoisotopic (exact) mass is 1020 g/mol. The van der Waals surface area contributed by atoms with Crippen molar-refractivity contribution in [3.63, 3.8) is 0 Å². The molecule has 1 aliphatic heterocycles. The van der Waals surface area contributed by atoms with Crippen molar-refractivity contribution in [3.8, 4) is 0 Å². The topological polar surface area (TPSA) is 175 Å². The fourth-order valence-electron chi connectivity index (χ4n) is 9.67. The molecule has 1 rings (SSSR count). The molecule has 6 N–H and O–H groups in total. The van der Waals surface area contributed by atoms with Gasteiger partial charge in [0.25, 0.3) is 0 Å². The largest absolute Gasteiger partial charge is 0.466 e. The first kappa shape index (κ1) is 68.2. The maximum Gasteiger partial charge on any atom is 0.305 e.